The van der Waals surface area contributed by atoms with Crippen molar-refractivity contribution in [2.24, 2.45) is 0 Å². The van der Waals surface area contributed by atoms with Crippen molar-refractivity contribution >= 4 is 0 Å². The van der Waals surface area contributed by atoms with Gasteiger partial charge in [-0.2, -0.15) is 0 Å². The number of hydrogen-bond donors (Lipinski definition) is 0. The van der Waals surface area contributed by atoms with Gasteiger partial charge in [-0.05, 0) is 13.8 Å². The van der Waals surface area contributed by atoms with Gasteiger partial charge in [-0.1, -0.05) is 96.9 Å². The van der Waals surface area contributed by atoms with Crippen LogP contribution in [0.5, 0.6) is 0 Å². The van der Waals surface area contributed by atoms with Crippen LogP contribution in [0.3, 0.4) is 0 Å². The molecule has 0 aliphatic rings. The standard InChI is InChI=1S/C7H10.C5H8.2C2H6.CH4/c1-4-6-7(3)5-2;1-3-5-4-2;2*1-2;/h4-6H,1-2H2,3H3;3-5H,1H2,2H3;2*1-2H3;1H4/b7-6-;5-4-;;;. The minimum atomic E-state index is 0. The summed E-state index contributed by atoms with van der Waals surface area (Å²) in [6.07, 6.45) is 11.0. The lowest BCUT2D eigenvalue weighted by Crippen LogP contribution is -1.58. The first-order valence-electron chi connectivity index (χ1n) is 5.88. The van der Waals surface area contributed by atoms with E-state index in [1.54, 1.807) is 18.2 Å². The van der Waals surface area contributed by atoms with Crippen LogP contribution >= 0.6 is 0 Å². The summed E-state index contributed by atoms with van der Waals surface area (Å²) >= 11 is 0. The Morgan fingerprint density at radius 1 is 0.882 bits per heavy atom. The highest BCUT2D eigenvalue weighted by atomic mass is 13.8. The number of rotatable bonds is 3. The molecule has 0 fully saturated rings. The molecule has 0 aromatic carbocycles. The van der Waals surface area contributed by atoms with E-state index in [0.717, 1.165) is 5.57 Å². The summed E-state index contributed by atoms with van der Waals surface area (Å²) < 4.78 is 0. The van der Waals surface area contributed by atoms with Gasteiger partial charge in [-0.25, -0.2) is 0 Å². The third kappa shape index (κ3) is 73.0. The SMILES string of the molecule is C.C=C/C=C(/C)C=C.C=C/C=C\C.CC.CC. The number of allylic oxidation sites excluding steroid dienone is 7. The molecular formula is C17H34. The molecule has 0 aliphatic carbocycles. The normalized spacial score (nSPS) is 7.76. The van der Waals surface area contributed by atoms with Crippen molar-refractivity contribution in [1.82, 2.24) is 0 Å². The summed E-state index contributed by atoms with van der Waals surface area (Å²) in [6.45, 7) is 22.5. The van der Waals surface area contributed by atoms with Gasteiger partial charge in [-0.15, -0.1) is 0 Å². The van der Waals surface area contributed by atoms with Crippen LogP contribution in [0.2, 0.25) is 0 Å². The number of hydrogen-bond acceptors (Lipinski definition) is 0. The largest absolute Gasteiger partial charge is 0.0991 e. The Morgan fingerprint density at radius 2 is 1.29 bits per heavy atom. The maximum absolute atomic E-state index is 3.56. The molecule has 0 aliphatic heterocycles. The molecular weight excluding hydrogens is 204 g/mol. The van der Waals surface area contributed by atoms with Gasteiger partial charge >= 0.3 is 0 Å². The van der Waals surface area contributed by atoms with Crippen molar-refractivity contribution in [3.05, 3.63) is 61.8 Å². The first-order chi connectivity index (χ1) is 7.72. The predicted octanol–water partition coefficient (Wildman–Crippen LogP) is 6.74. The fourth-order valence-corrected chi connectivity index (χ4v) is 0.390. The van der Waals surface area contributed by atoms with E-state index < -0.39 is 0 Å². The molecule has 0 heteroatoms. The average molecular weight is 238 g/mol. The monoisotopic (exact) mass is 238 g/mol. The first kappa shape index (κ1) is 29.6. The van der Waals surface area contributed by atoms with E-state index in [-0.39, 0.29) is 7.43 Å². The van der Waals surface area contributed by atoms with Crippen LogP contribution in [0.4, 0.5) is 0 Å². The van der Waals surface area contributed by atoms with Crippen molar-refractivity contribution in [3.63, 3.8) is 0 Å². The van der Waals surface area contributed by atoms with Crippen molar-refractivity contribution in [2.45, 2.75) is 49.0 Å². The highest BCUT2D eigenvalue weighted by molar-refractivity contribution is 5.17. The molecule has 0 saturated carbocycles. The molecule has 0 radical (unpaired) electrons. The zero-order valence-corrected chi connectivity index (χ0v) is 12.1. The van der Waals surface area contributed by atoms with Gasteiger partial charge in [0.05, 0.1) is 0 Å². The van der Waals surface area contributed by atoms with E-state index in [4.69, 9.17) is 0 Å². The zero-order valence-electron chi connectivity index (χ0n) is 12.1. The van der Waals surface area contributed by atoms with Crippen molar-refractivity contribution in [3.8, 4) is 0 Å². The summed E-state index contributed by atoms with van der Waals surface area (Å²) in [5.74, 6) is 0. The van der Waals surface area contributed by atoms with Crippen LogP contribution in [0.25, 0.3) is 0 Å². The Labute approximate surface area is 111 Å². The Kier molecular flexibility index (Phi) is 81.1. The quantitative estimate of drug-likeness (QED) is 0.477. The zero-order chi connectivity index (χ0) is 13.8. The second-order valence-corrected chi connectivity index (χ2v) is 2.11. The lowest BCUT2D eigenvalue weighted by atomic mass is 10.3. The summed E-state index contributed by atoms with van der Waals surface area (Å²) in [4.78, 5) is 0. The topological polar surface area (TPSA) is 0 Å². The Balaban J connectivity index is -0.0000000427. The second kappa shape index (κ2) is 46.5. The van der Waals surface area contributed by atoms with E-state index in [1.807, 2.05) is 59.8 Å². The van der Waals surface area contributed by atoms with Gasteiger partial charge in [-0.3, -0.25) is 0 Å². The molecule has 0 rings (SSSR count). The lowest BCUT2D eigenvalue weighted by Gasteiger charge is -1.80. The maximum atomic E-state index is 3.56. The Bertz CT molecular complexity index is 180. The molecule has 0 bridgehead atoms. The van der Waals surface area contributed by atoms with Crippen LogP contribution < -0.4 is 0 Å². The molecule has 102 valence electrons. The predicted molar refractivity (Wildman–Crippen MR) is 88.6 cm³/mol. The molecule has 17 heavy (non-hydrogen) atoms. The molecule has 0 saturated heterocycles. The molecule has 0 N–H and O–H groups in total. The lowest BCUT2D eigenvalue weighted by molar-refractivity contribution is 1.50. The van der Waals surface area contributed by atoms with Gasteiger partial charge in [0.25, 0.3) is 0 Å². The van der Waals surface area contributed by atoms with E-state index in [9.17, 15) is 0 Å². The van der Waals surface area contributed by atoms with Crippen LogP contribution in [-0.2, 0) is 0 Å². The fraction of sp³-hybridized carbons (Fsp3) is 0.412. The fourth-order valence-electron chi connectivity index (χ4n) is 0.390. The van der Waals surface area contributed by atoms with E-state index in [2.05, 4.69) is 19.7 Å². The third-order valence-electron chi connectivity index (χ3n) is 1.03. The van der Waals surface area contributed by atoms with E-state index in [0.29, 0.717) is 0 Å². The van der Waals surface area contributed by atoms with Crippen LogP contribution in [-0.4, -0.2) is 0 Å². The average Bonchev–Trinajstić information content (AvgIpc) is 2.36. The van der Waals surface area contributed by atoms with Crippen molar-refractivity contribution < 1.29 is 0 Å². The summed E-state index contributed by atoms with van der Waals surface area (Å²) in [7, 11) is 0. The highest BCUT2D eigenvalue weighted by Crippen LogP contribution is 1.90. The van der Waals surface area contributed by atoms with Crippen molar-refractivity contribution in [2.75, 3.05) is 0 Å². The molecule has 0 aromatic heterocycles. The smallest absolute Gasteiger partial charge is 0.0398 e. The van der Waals surface area contributed by atoms with E-state index >= 15 is 0 Å². The van der Waals surface area contributed by atoms with Crippen LogP contribution in [0.1, 0.15) is 49.0 Å². The van der Waals surface area contributed by atoms with Crippen molar-refractivity contribution in [1.29, 1.82) is 0 Å². The first-order valence-corrected chi connectivity index (χ1v) is 5.88. The van der Waals surface area contributed by atoms with Gasteiger partial charge in [0, 0.05) is 0 Å². The van der Waals surface area contributed by atoms with Gasteiger partial charge in [0.1, 0.15) is 0 Å². The molecule has 0 amide bonds. The Morgan fingerprint density at radius 3 is 1.35 bits per heavy atom. The van der Waals surface area contributed by atoms with Gasteiger partial charge in [0.15, 0.2) is 0 Å². The summed E-state index contributed by atoms with van der Waals surface area (Å²) in [5.41, 5.74) is 1.15. The molecule has 0 heterocycles. The minimum Gasteiger partial charge on any atom is -0.0991 e. The molecule has 0 atom stereocenters. The van der Waals surface area contributed by atoms with Gasteiger partial charge < -0.3 is 0 Å². The third-order valence-corrected chi connectivity index (χ3v) is 1.03. The molecule has 0 unspecified atom stereocenters. The second-order valence-electron chi connectivity index (χ2n) is 2.11. The minimum absolute atomic E-state index is 0. The highest BCUT2D eigenvalue weighted by Gasteiger charge is 1.68. The maximum Gasteiger partial charge on any atom is -0.0398 e. The summed E-state index contributed by atoms with van der Waals surface area (Å²) in [6, 6.07) is 0. The molecule has 0 spiro atoms. The summed E-state index contributed by atoms with van der Waals surface area (Å²) in [5, 5.41) is 0. The van der Waals surface area contributed by atoms with Crippen LogP contribution in [0.15, 0.2) is 61.8 Å². The van der Waals surface area contributed by atoms with Gasteiger partial charge in [0.2, 0.25) is 0 Å². The Hall–Kier alpha value is -1.30. The van der Waals surface area contributed by atoms with E-state index in [1.165, 1.54) is 0 Å². The molecule has 0 aromatic rings. The molecule has 0 nitrogen and oxygen atoms in total. The van der Waals surface area contributed by atoms with Crippen LogP contribution in [0, 0.1) is 0 Å².